The van der Waals surface area contributed by atoms with Gasteiger partial charge in [-0.15, -0.1) is 12.4 Å². The zero-order valence-electron chi connectivity index (χ0n) is 7.14. The van der Waals surface area contributed by atoms with Crippen molar-refractivity contribution >= 4 is 18.2 Å². The molecule has 0 aromatic heterocycles. The van der Waals surface area contributed by atoms with Gasteiger partial charge in [0.15, 0.2) is 0 Å². The van der Waals surface area contributed by atoms with Crippen LogP contribution in [-0.2, 0) is 4.79 Å². The lowest BCUT2D eigenvalue weighted by atomic mass is 9.78. The van der Waals surface area contributed by atoms with Crippen molar-refractivity contribution in [3.05, 3.63) is 0 Å². The Balaban J connectivity index is 0.000001000. The summed E-state index contributed by atoms with van der Waals surface area (Å²) in [5.41, 5.74) is -0.0226. The molecule has 0 aromatic rings. The van der Waals surface area contributed by atoms with Gasteiger partial charge >= 0.3 is 0 Å². The van der Waals surface area contributed by atoms with E-state index in [4.69, 9.17) is 0 Å². The van der Waals surface area contributed by atoms with E-state index in [0.717, 1.165) is 25.9 Å². The molecule has 1 saturated heterocycles. The van der Waals surface area contributed by atoms with E-state index in [9.17, 15) is 4.79 Å². The molecular formula is C8H16ClNO. The van der Waals surface area contributed by atoms with E-state index < -0.39 is 0 Å². The van der Waals surface area contributed by atoms with Crippen LogP contribution in [0.15, 0.2) is 0 Å². The fourth-order valence-electron chi connectivity index (χ4n) is 1.33. The van der Waals surface area contributed by atoms with E-state index in [0.29, 0.717) is 5.78 Å². The van der Waals surface area contributed by atoms with Crippen LogP contribution in [-0.4, -0.2) is 18.9 Å². The smallest absolute Gasteiger partial charge is 0.135 e. The molecule has 0 aliphatic carbocycles. The van der Waals surface area contributed by atoms with Gasteiger partial charge in [0, 0.05) is 5.41 Å². The maximum Gasteiger partial charge on any atom is 0.135 e. The van der Waals surface area contributed by atoms with Gasteiger partial charge < -0.3 is 5.32 Å². The number of carbonyl (C=O) groups is 1. The number of hydrogen-bond acceptors (Lipinski definition) is 2. The highest BCUT2D eigenvalue weighted by molar-refractivity contribution is 5.85. The normalized spacial score (nSPS) is 22.0. The molecular weight excluding hydrogens is 162 g/mol. The number of nitrogens with one attached hydrogen (secondary N) is 1. The second kappa shape index (κ2) is 4.07. The Kier molecular flexibility index (Phi) is 4.04. The summed E-state index contributed by atoms with van der Waals surface area (Å²) in [6.07, 6.45) is 2.00. The third-order valence-electron chi connectivity index (χ3n) is 2.56. The molecule has 1 heterocycles. The van der Waals surface area contributed by atoms with E-state index >= 15 is 0 Å². The highest BCUT2D eigenvalue weighted by atomic mass is 35.5. The van der Waals surface area contributed by atoms with Gasteiger partial charge in [0.25, 0.3) is 0 Å². The van der Waals surface area contributed by atoms with Crippen molar-refractivity contribution in [2.24, 2.45) is 5.41 Å². The fraction of sp³-hybridized carbons (Fsp3) is 0.875. The van der Waals surface area contributed by atoms with Crippen molar-refractivity contribution in [1.29, 1.82) is 0 Å². The lowest BCUT2D eigenvalue weighted by Gasteiger charge is -2.31. The lowest BCUT2D eigenvalue weighted by Crippen LogP contribution is -2.38. The highest BCUT2D eigenvalue weighted by Gasteiger charge is 2.30. The fourth-order valence-corrected chi connectivity index (χ4v) is 1.33. The van der Waals surface area contributed by atoms with E-state index in [1.165, 1.54) is 0 Å². The predicted molar refractivity (Wildman–Crippen MR) is 48.1 cm³/mol. The minimum Gasteiger partial charge on any atom is -0.317 e. The standard InChI is InChI=1S/C8H15NO.ClH/c1-7(10)8(2)3-5-9-6-4-8;/h9H,3-6H2,1-2H3;1H. The van der Waals surface area contributed by atoms with Crippen LogP contribution in [0.25, 0.3) is 0 Å². The maximum atomic E-state index is 11.1. The molecule has 0 bridgehead atoms. The molecule has 1 aliphatic heterocycles. The zero-order chi connectivity index (χ0) is 7.61. The van der Waals surface area contributed by atoms with Gasteiger partial charge in [0.05, 0.1) is 0 Å². The third kappa shape index (κ3) is 2.46. The summed E-state index contributed by atoms with van der Waals surface area (Å²) in [7, 11) is 0. The largest absolute Gasteiger partial charge is 0.317 e. The summed E-state index contributed by atoms with van der Waals surface area (Å²) in [6, 6.07) is 0. The van der Waals surface area contributed by atoms with E-state index in [1.807, 2.05) is 0 Å². The Hall–Kier alpha value is -0.0800. The number of piperidine rings is 1. The third-order valence-corrected chi connectivity index (χ3v) is 2.56. The SMILES string of the molecule is CC(=O)C1(C)CCNCC1.Cl. The Morgan fingerprint density at radius 3 is 2.09 bits per heavy atom. The Morgan fingerprint density at radius 2 is 1.82 bits per heavy atom. The van der Waals surface area contributed by atoms with Gasteiger partial charge in [-0.3, -0.25) is 4.79 Å². The quantitative estimate of drug-likeness (QED) is 0.656. The molecule has 66 valence electrons. The van der Waals surface area contributed by atoms with Crippen LogP contribution < -0.4 is 5.32 Å². The minimum atomic E-state index is -0.0226. The van der Waals surface area contributed by atoms with E-state index in [2.05, 4.69) is 12.2 Å². The topological polar surface area (TPSA) is 29.1 Å². The molecule has 0 unspecified atom stereocenters. The second-order valence-electron chi connectivity index (χ2n) is 3.37. The summed E-state index contributed by atoms with van der Waals surface area (Å²) < 4.78 is 0. The van der Waals surface area contributed by atoms with Crippen LogP contribution >= 0.6 is 12.4 Å². The van der Waals surface area contributed by atoms with E-state index in [-0.39, 0.29) is 17.8 Å². The summed E-state index contributed by atoms with van der Waals surface area (Å²) in [4.78, 5) is 11.1. The molecule has 0 radical (unpaired) electrons. The zero-order valence-corrected chi connectivity index (χ0v) is 7.96. The van der Waals surface area contributed by atoms with E-state index in [1.54, 1.807) is 6.92 Å². The predicted octanol–water partition coefficient (Wildman–Crippen LogP) is 1.39. The number of hydrogen-bond donors (Lipinski definition) is 1. The highest BCUT2D eigenvalue weighted by Crippen LogP contribution is 2.28. The van der Waals surface area contributed by atoms with Crippen LogP contribution in [0.2, 0.25) is 0 Å². The first-order chi connectivity index (χ1) is 4.65. The molecule has 3 heteroatoms. The average Bonchev–Trinajstić information content (AvgIpc) is 1.89. The van der Waals surface area contributed by atoms with Gasteiger partial charge in [-0.25, -0.2) is 0 Å². The monoisotopic (exact) mass is 177 g/mol. The minimum absolute atomic E-state index is 0. The molecule has 2 nitrogen and oxygen atoms in total. The number of carbonyl (C=O) groups excluding carboxylic acids is 1. The molecule has 1 fully saturated rings. The van der Waals surface area contributed by atoms with Gasteiger partial charge in [-0.2, -0.15) is 0 Å². The first-order valence-corrected chi connectivity index (χ1v) is 3.87. The lowest BCUT2D eigenvalue weighted by molar-refractivity contribution is -0.126. The molecule has 1 rings (SSSR count). The number of ketones is 1. The maximum absolute atomic E-state index is 11.1. The Labute approximate surface area is 74.2 Å². The molecule has 11 heavy (non-hydrogen) atoms. The van der Waals surface area contributed by atoms with Crippen LogP contribution in [0.3, 0.4) is 0 Å². The van der Waals surface area contributed by atoms with Gasteiger partial charge in [-0.1, -0.05) is 6.92 Å². The summed E-state index contributed by atoms with van der Waals surface area (Å²) in [5.74, 6) is 0.342. The van der Waals surface area contributed by atoms with Crippen molar-refractivity contribution < 1.29 is 4.79 Å². The van der Waals surface area contributed by atoms with Gasteiger partial charge in [0.1, 0.15) is 5.78 Å². The summed E-state index contributed by atoms with van der Waals surface area (Å²) in [5, 5.41) is 3.24. The molecule has 1 N–H and O–H groups in total. The van der Waals surface area contributed by atoms with Crippen molar-refractivity contribution in [3.63, 3.8) is 0 Å². The van der Waals surface area contributed by atoms with Crippen LogP contribution in [0, 0.1) is 5.41 Å². The van der Waals surface area contributed by atoms with Crippen LogP contribution in [0.5, 0.6) is 0 Å². The van der Waals surface area contributed by atoms with Crippen LogP contribution in [0.1, 0.15) is 26.7 Å². The van der Waals surface area contributed by atoms with Crippen molar-refractivity contribution in [1.82, 2.24) is 5.32 Å². The first kappa shape index (κ1) is 10.9. The van der Waals surface area contributed by atoms with Gasteiger partial charge in [-0.05, 0) is 32.9 Å². The molecule has 0 atom stereocenters. The Bertz CT molecular complexity index is 141. The second-order valence-corrected chi connectivity index (χ2v) is 3.37. The number of Topliss-reactive ketones (excluding diaryl/α,β-unsaturated/α-hetero) is 1. The average molecular weight is 178 g/mol. The summed E-state index contributed by atoms with van der Waals surface area (Å²) in [6.45, 7) is 5.76. The molecule has 0 saturated carbocycles. The number of rotatable bonds is 1. The molecule has 0 aromatic carbocycles. The summed E-state index contributed by atoms with van der Waals surface area (Å²) >= 11 is 0. The molecule has 0 spiro atoms. The van der Waals surface area contributed by atoms with Crippen molar-refractivity contribution in [2.75, 3.05) is 13.1 Å². The van der Waals surface area contributed by atoms with Crippen molar-refractivity contribution in [3.8, 4) is 0 Å². The van der Waals surface area contributed by atoms with Crippen molar-refractivity contribution in [2.45, 2.75) is 26.7 Å². The molecule has 0 amide bonds. The molecule has 1 aliphatic rings. The van der Waals surface area contributed by atoms with Gasteiger partial charge in [0.2, 0.25) is 0 Å². The number of halogens is 1. The Morgan fingerprint density at radius 1 is 1.36 bits per heavy atom. The van der Waals surface area contributed by atoms with Crippen LogP contribution in [0.4, 0.5) is 0 Å². The first-order valence-electron chi connectivity index (χ1n) is 3.87.